The van der Waals surface area contributed by atoms with Crippen LogP contribution in [0.25, 0.3) is 16.9 Å². The molecule has 15 heteroatoms. The second kappa shape index (κ2) is 17.9. The molecule has 5 N–H and O–H groups in total. The summed E-state index contributed by atoms with van der Waals surface area (Å²) in [7, 11) is 1.57. The van der Waals surface area contributed by atoms with Crippen molar-refractivity contribution in [1.29, 1.82) is 0 Å². The molecule has 0 spiro atoms. The van der Waals surface area contributed by atoms with Crippen LogP contribution in [0.1, 0.15) is 42.6 Å². The number of rotatable bonds is 7. The highest BCUT2D eigenvalue weighted by molar-refractivity contribution is 6.05. The minimum absolute atomic E-state index is 0.143. The number of aromatic nitrogens is 6. The summed E-state index contributed by atoms with van der Waals surface area (Å²) in [5.41, 5.74) is 13.1. The first-order chi connectivity index (χ1) is 29.0. The van der Waals surface area contributed by atoms with Crippen molar-refractivity contribution in [2.45, 2.75) is 13.8 Å². The van der Waals surface area contributed by atoms with Gasteiger partial charge in [-0.1, -0.05) is 30.3 Å². The molecule has 9 rings (SSSR count). The summed E-state index contributed by atoms with van der Waals surface area (Å²) in [5.74, 6) is -0.796. The summed E-state index contributed by atoms with van der Waals surface area (Å²) in [6, 6.07) is 33.5. The number of halogens is 1. The molecular formula is C45H39FN10O4. The molecule has 0 bridgehead atoms. The van der Waals surface area contributed by atoms with Crippen molar-refractivity contribution in [2.24, 2.45) is 0 Å². The van der Waals surface area contributed by atoms with Crippen molar-refractivity contribution in [2.75, 3.05) is 28.8 Å². The van der Waals surface area contributed by atoms with Gasteiger partial charge in [-0.25, -0.2) is 19.3 Å². The van der Waals surface area contributed by atoms with Crippen LogP contribution >= 0.6 is 0 Å². The first-order valence-electron chi connectivity index (χ1n) is 18.5. The predicted molar refractivity (Wildman–Crippen MR) is 229 cm³/mol. The quantitative estimate of drug-likeness (QED) is 0.117. The van der Waals surface area contributed by atoms with Crippen LogP contribution in [0.4, 0.5) is 27.1 Å². The number of amides is 3. The van der Waals surface area contributed by atoms with Gasteiger partial charge in [0.05, 0.1) is 18.5 Å². The molecule has 3 amide bonds. The van der Waals surface area contributed by atoms with Crippen LogP contribution in [0.15, 0.2) is 152 Å². The molecule has 9 aromatic rings. The minimum atomic E-state index is -0.473. The van der Waals surface area contributed by atoms with Gasteiger partial charge >= 0.3 is 0 Å². The van der Waals surface area contributed by atoms with E-state index in [2.05, 4.69) is 30.9 Å². The standard InChI is InChI=1S/C16H15N3O2.C15H14N4O.C14H10FN3O/c1-11-7-8-19-10-13(17-15(19)9-11)16(20)18-12-5-3-4-6-14(12)21-2;1-10-6-7-19-9-13(18-14(19)8-10)15(20)17-12-4-2-11(16)3-5-12;15-10-5-1-2-6-11(10)17-14(19)12-9-18-8-4-3-7-13(18)16-12/h3-10H,1-2H3,(H,18,20);2-9H,16H2,1H3,(H,17,20);1-9H,(H,17,19). The lowest BCUT2D eigenvalue weighted by Crippen LogP contribution is -2.13. The van der Waals surface area contributed by atoms with Crippen molar-refractivity contribution in [1.82, 2.24) is 28.2 Å². The van der Waals surface area contributed by atoms with Gasteiger partial charge in [0.1, 0.15) is 45.6 Å². The Balaban J connectivity index is 0.000000136. The second-order valence-electron chi connectivity index (χ2n) is 13.4. The number of anilines is 4. The Morgan fingerprint density at radius 3 is 1.62 bits per heavy atom. The number of para-hydroxylation sites is 3. The first kappa shape index (κ1) is 39.9. The van der Waals surface area contributed by atoms with Crippen LogP contribution in [0.3, 0.4) is 0 Å². The fourth-order valence-electron chi connectivity index (χ4n) is 5.88. The third kappa shape index (κ3) is 9.61. The highest BCUT2D eigenvalue weighted by Gasteiger charge is 2.15. The van der Waals surface area contributed by atoms with Gasteiger partial charge in [0.15, 0.2) is 0 Å². The maximum atomic E-state index is 13.4. The summed E-state index contributed by atoms with van der Waals surface area (Å²) in [6.45, 7) is 3.98. The number of nitrogens with two attached hydrogens (primary N) is 1. The zero-order chi connectivity index (χ0) is 42.2. The zero-order valence-electron chi connectivity index (χ0n) is 32.7. The lowest BCUT2D eigenvalue weighted by atomic mass is 10.3. The van der Waals surface area contributed by atoms with Crippen LogP contribution < -0.4 is 26.4 Å². The Morgan fingerprint density at radius 1 is 0.567 bits per heavy atom. The number of benzene rings is 3. The maximum Gasteiger partial charge on any atom is 0.275 e. The molecule has 0 fully saturated rings. The van der Waals surface area contributed by atoms with Gasteiger partial charge in [-0.15, -0.1) is 0 Å². The number of imidazole rings is 3. The summed E-state index contributed by atoms with van der Waals surface area (Å²) in [4.78, 5) is 49.2. The highest BCUT2D eigenvalue weighted by atomic mass is 19.1. The van der Waals surface area contributed by atoms with E-state index in [1.165, 1.54) is 12.1 Å². The normalized spacial score (nSPS) is 10.6. The molecule has 0 saturated carbocycles. The summed E-state index contributed by atoms with van der Waals surface area (Å²) in [6.07, 6.45) is 10.6. The van der Waals surface area contributed by atoms with Gasteiger partial charge in [0.25, 0.3) is 17.7 Å². The number of carbonyl (C=O) groups is 3. The van der Waals surface area contributed by atoms with Crippen molar-refractivity contribution in [3.8, 4) is 5.75 Å². The largest absolute Gasteiger partial charge is 0.495 e. The molecule has 0 aliphatic carbocycles. The van der Waals surface area contributed by atoms with E-state index >= 15 is 0 Å². The lowest BCUT2D eigenvalue weighted by molar-refractivity contribution is 0.101. The Kier molecular flexibility index (Phi) is 11.9. The minimum Gasteiger partial charge on any atom is -0.495 e. The maximum absolute atomic E-state index is 13.4. The number of fused-ring (bicyclic) bond motifs is 3. The highest BCUT2D eigenvalue weighted by Crippen LogP contribution is 2.24. The van der Waals surface area contributed by atoms with Crippen LogP contribution in [0.2, 0.25) is 0 Å². The Hall–Kier alpha value is -8.33. The third-order valence-corrected chi connectivity index (χ3v) is 8.94. The second-order valence-corrected chi connectivity index (χ2v) is 13.4. The molecule has 0 aliphatic rings. The number of nitrogens with one attached hydrogen (secondary N) is 3. The van der Waals surface area contributed by atoms with E-state index in [9.17, 15) is 18.8 Å². The topological polar surface area (TPSA) is 174 Å². The molecule has 0 aliphatic heterocycles. The summed E-state index contributed by atoms with van der Waals surface area (Å²) >= 11 is 0. The fourth-order valence-corrected chi connectivity index (χ4v) is 5.88. The predicted octanol–water partition coefficient (Wildman–Crippen LogP) is 8.11. The Morgan fingerprint density at radius 2 is 1.05 bits per heavy atom. The van der Waals surface area contributed by atoms with Crippen molar-refractivity contribution in [3.63, 3.8) is 0 Å². The zero-order valence-corrected chi connectivity index (χ0v) is 32.7. The van der Waals surface area contributed by atoms with E-state index in [1.54, 1.807) is 90.9 Å². The summed E-state index contributed by atoms with van der Waals surface area (Å²) in [5, 5.41) is 8.10. The Labute approximate surface area is 343 Å². The van der Waals surface area contributed by atoms with E-state index in [1.807, 2.05) is 83.6 Å². The number of ether oxygens (including phenoxy) is 1. The van der Waals surface area contributed by atoms with E-state index < -0.39 is 11.7 Å². The Bertz CT molecular complexity index is 2940. The molecule has 300 valence electrons. The number of hydrogen-bond donors (Lipinski definition) is 4. The fraction of sp³-hybridized carbons (Fsp3) is 0.0667. The summed E-state index contributed by atoms with van der Waals surface area (Å²) < 4.78 is 24.0. The average molecular weight is 803 g/mol. The molecule has 6 heterocycles. The van der Waals surface area contributed by atoms with Gasteiger partial charge in [-0.2, -0.15) is 0 Å². The van der Waals surface area contributed by atoms with Gasteiger partial charge in [0, 0.05) is 48.6 Å². The van der Waals surface area contributed by atoms with Gasteiger partial charge in [0.2, 0.25) is 0 Å². The number of carbonyl (C=O) groups excluding carboxylic acids is 3. The number of hydrogen-bond acceptors (Lipinski definition) is 8. The smallest absolute Gasteiger partial charge is 0.275 e. The number of methoxy groups -OCH3 is 1. The number of nitrogens with zero attached hydrogens (tertiary/aromatic N) is 6. The molecular weight excluding hydrogens is 764 g/mol. The van der Waals surface area contributed by atoms with E-state index in [4.69, 9.17) is 10.5 Å². The average Bonchev–Trinajstić information content (AvgIpc) is 4.00. The molecule has 0 unspecified atom stereocenters. The first-order valence-corrected chi connectivity index (χ1v) is 18.5. The van der Waals surface area contributed by atoms with Crippen LogP contribution in [0.5, 0.6) is 5.75 Å². The lowest BCUT2D eigenvalue weighted by Gasteiger charge is -2.08. The molecule has 0 atom stereocenters. The molecule has 60 heavy (non-hydrogen) atoms. The van der Waals surface area contributed by atoms with E-state index in [0.717, 1.165) is 22.4 Å². The molecule has 6 aromatic heterocycles. The number of pyridine rings is 3. The number of aryl methyl sites for hydroxylation is 2. The van der Waals surface area contributed by atoms with Crippen LogP contribution in [-0.4, -0.2) is 53.0 Å². The SMILES string of the molecule is COc1ccccc1NC(=O)c1cn2ccc(C)cc2n1.Cc1ccn2cc(C(=O)Nc3ccc(N)cc3)nc2c1.O=C(Nc1ccccc1F)c1cn2ccccc2n1. The van der Waals surface area contributed by atoms with Crippen molar-refractivity contribution in [3.05, 3.63) is 186 Å². The molecule has 3 aromatic carbocycles. The molecule has 0 radical (unpaired) electrons. The van der Waals surface area contributed by atoms with Gasteiger partial charge in [-0.05, 0) is 110 Å². The van der Waals surface area contributed by atoms with Crippen LogP contribution in [-0.2, 0) is 0 Å². The van der Waals surface area contributed by atoms with E-state index in [-0.39, 0.29) is 23.2 Å². The number of nitrogen functional groups attached to an aromatic ring is 1. The van der Waals surface area contributed by atoms with Crippen molar-refractivity contribution < 1.29 is 23.5 Å². The molecule has 0 saturated heterocycles. The van der Waals surface area contributed by atoms with Crippen molar-refractivity contribution >= 4 is 57.4 Å². The van der Waals surface area contributed by atoms with Gasteiger partial charge in [-0.3, -0.25) is 14.4 Å². The van der Waals surface area contributed by atoms with Gasteiger partial charge < -0.3 is 39.6 Å². The monoisotopic (exact) mass is 802 g/mol. The third-order valence-electron chi connectivity index (χ3n) is 8.94. The van der Waals surface area contributed by atoms with Crippen LogP contribution in [0, 0.1) is 19.7 Å². The van der Waals surface area contributed by atoms with E-state index in [0.29, 0.717) is 39.8 Å². The molecule has 14 nitrogen and oxygen atoms in total.